The summed E-state index contributed by atoms with van der Waals surface area (Å²) in [6.07, 6.45) is 0. The summed E-state index contributed by atoms with van der Waals surface area (Å²) < 4.78 is 0. The van der Waals surface area contributed by atoms with Crippen LogP contribution in [0.3, 0.4) is 0 Å². The first-order chi connectivity index (χ1) is 10.3. The second-order valence-electron chi connectivity index (χ2n) is 4.07. The van der Waals surface area contributed by atoms with Crippen molar-refractivity contribution in [2.75, 3.05) is 5.43 Å². The van der Waals surface area contributed by atoms with E-state index in [9.17, 15) is 0 Å². The molecule has 0 atom stereocenters. The molecular formula is C16H9N5. The monoisotopic (exact) mass is 271 g/mol. The molecule has 0 bridgehead atoms. The third-order valence-corrected chi connectivity index (χ3v) is 2.70. The number of hydrogen-bond acceptors (Lipinski definition) is 5. The van der Waals surface area contributed by atoms with E-state index in [0.29, 0.717) is 11.3 Å². The predicted molar refractivity (Wildman–Crippen MR) is 78.9 cm³/mol. The van der Waals surface area contributed by atoms with E-state index < -0.39 is 0 Å². The molecule has 0 spiro atoms. The van der Waals surface area contributed by atoms with Crippen LogP contribution in [0.15, 0.2) is 53.6 Å². The Morgan fingerprint density at radius 3 is 2.24 bits per heavy atom. The fraction of sp³-hybridized carbons (Fsp3) is 0. The molecule has 0 aromatic heterocycles. The highest BCUT2D eigenvalue weighted by atomic mass is 15.3. The quantitative estimate of drug-likeness (QED) is 0.685. The number of benzene rings is 2. The molecule has 0 saturated heterocycles. The number of hydrogen-bond donors (Lipinski definition) is 1. The molecule has 1 N–H and O–H groups in total. The van der Waals surface area contributed by atoms with E-state index in [2.05, 4.69) is 16.6 Å². The Bertz CT molecular complexity index is 800. The summed E-state index contributed by atoms with van der Waals surface area (Å²) in [5.41, 5.74) is 5.46. The van der Waals surface area contributed by atoms with Gasteiger partial charge in [0.25, 0.3) is 0 Å². The lowest BCUT2D eigenvalue weighted by Gasteiger charge is -2.05. The van der Waals surface area contributed by atoms with Crippen molar-refractivity contribution in [2.24, 2.45) is 5.10 Å². The van der Waals surface area contributed by atoms with Crippen LogP contribution < -0.4 is 5.43 Å². The summed E-state index contributed by atoms with van der Waals surface area (Å²) in [6, 6.07) is 20.0. The van der Waals surface area contributed by atoms with Crippen molar-refractivity contribution in [3.63, 3.8) is 0 Å². The summed E-state index contributed by atoms with van der Waals surface area (Å²) in [5, 5.41) is 29.9. The molecule has 0 aliphatic carbocycles. The van der Waals surface area contributed by atoms with Gasteiger partial charge >= 0.3 is 0 Å². The van der Waals surface area contributed by atoms with Gasteiger partial charge < -0.3 is 0 Å². The maximum Gasteiger partial charge on any atom is 0.237 e. The number of rotatable bonds is 3. The summed E-state index contributed by atoms with van der Waals surface area (Å²) in [4.78, 5) is 0. The third-order valence-electron chi connectivity index (χ3n) is 2.70. The van der Waals surface area contributed by atoms with Crippen molar-refractivity contribution >= 4 is 11.4 Å². The molecular weight excluding hydrogens is 262 g/mol. The molecule has 0 saturated carbocycles. The van der Waals surface area contributed by atoms with Gasteiger partial charge in [0.05, 0.1) is 17.3 Å². The first-order valence-corrected chi connectivity index (χ1v) is 6.01. The molecule has 0 heterocycles. The summed E-state index contributed by atoms with van der Waals surface area (Å²) >= 11 is 0. The van der Waals surface area contributed by atoms with Crippen molar-refractivity contribution in [3.8, 4) is 29.3 Å². The van der Waals surface area contributed by atoms with Crippen LogP contribution in [0.2, 0.25) is 0 Å². The van der Waals surface area contributed by atoms with E-state index in [4.69, 9.17) is 15.8 Å². The van der Waals surface area contributed by atoms with E-state index in [-0.39, 0.29) is 5.71 Å². The van der Waals surface area contributed by atoms with E-state index in [1.165, 1.54) is 0 Å². The van der Waals surface area contributed by atoms with Gasteiger partial charge in [-0.25, -0.2) is 0 Å². The molecule has 0 aliphatic heterocycles. The minimum Gasteiger partial charge on any atom is -0.276 e. The van der Waals surface area contributed by atoms with Crippen molar-refractivity contribution in [1.82, 2.24) is 0 Å². The van der Waals surface area contributed by atoms with Crippen LogP contribution in [0.4, 0.5) is 5.69 Å². The molecule has 0 fully saturated rings. The second-order valence-corrected chi connectivity index (χ2v) is 4.07. The Labute approximate surface area is 122 Å². The molecule has 5 heteroatoms. The molecule has 2 aromatic rings. The van der Waals surface area contributed by atoms with Crippen LogP contribution >= 0.6 is 0 Å². The third kappa shape index (κ3) is 3.44. The Morgan fingerprint density at radius 2 is 1.57 bits per heavy atom. The van der Waals surface area contributed by atoms with Crippen LogP contribution in [0.25, 0.3) is 11.1 Å². The maximum atomic E-state index is 8.92. The number of hydrazone groups is 1. The summed E-state index contributed by atoms with van der Waals surface area (Å²) in [7, 11) is 0. The molecule has 0 aliphatic rings. The number of nitrogens with zero attached hydrogens (tertiary/aromatic N) is 4. The number of nitrogens with one attached hydrogen (secondary N) is 1. The highest BCUT2D eigenvalue weighted by molar-refractivity contribution is 6.10. The second kappa shape index (κ2) is 6.52. The van der Waals surface area contributed by atoms with Crippen molar-refractivity contribution < 1.29 is 0 Å². The van der Waals surface area contributed by atoms with Gasteiger partial charge in [-0.05, 0) is 35.4 Å². The Balaban J connectivity index is 2.30. The lowest BCUT2D eigenvalue weighted by molar-refractivity contribution is 1.34. The lowest BCUT2D eigenvalue weighted by Crippen LogP contribution is -1.96. The molecule has 5 nitrogen and oxygen atoms in total. The van der Waals surface area contributed by atoms with Crippen molar-refractivity contribution in [1.29, 1.82) is 15.8 Å². The molecule has 2 aromatic carbocycles. The smallest absolute Gasteiger partial charge is 0.237 e. The van der Waals surface area contributed by atoms with Crippen LogP contribution in [0.1, 0.15) is 5.56 Å². The predicted octanol–water partition coefficient (Wildman–Crippen LogP) is 3.04. The zero-order valence-corrected chi connectivity index (χ0v) is 10.9. The van der Waals surface area contributed by atoms with Gasteiger partial charge in [-0.2, -0.15) is 20.9 Å². The van der Waals surface area contributed by atoms with Crippen LogP contribution in [0.5, 0.6) is 0 Å². The Kier molecular flexibility index (Phi) is 4.28. The molecule has 2 rings (SSSR count). The van der Waals surface area contributed by atoms with E-state index in [0.717, 1.165) is 11.1 Å². The fourth-order valence-corrected chi connectivity index (χ4v) is 1.73. The van der Waals surface area contributed by atoms with Gasteiger partial charge in [-0.15, -0.1) is 0 Å². The van der Waals surface area contributed by atoms with Crippen LogP contribution in [-0.2, 0) is 0 Å². The number of anilines is 1. The number of nitriles is 3. The van der Waals surface area contributed by atoms with Gasteiger partial charge in [-0.1, -0.05) is 24.3 Å². The average Bonchev–Trinajstić information content (AvgIpc) is 2.56. The van der Waals surface area contributed by atoms with E-state index >= 15 is 0 Å². The molecule has 0 unspecified atom stereocenters. The highest BCUT2D eigenvalue weighted by Crippen LogP contribution is 2.23. The SMILES string of the molecule is N#CC(C#N)=NNc1cccc(-c2cccc(C#N)c2)c1. The molecule has 21 heavy (non-hydrogen) atoms. The average molecular weight is 271 g/mol. The topological polar surface area (TPSA) is 95.8 Å². The fourth-order valence-electron chi connectivity index (χ4n) is 1.73. The van der Waals surface area contributed by atoms with Gasteiger partial charge in [0, 0.05) is 0 Å². The molecule has 0 radical (unpaired) electrons. The minimum atomic E-state index is -0.244. The van der Waals surface area contributed by atoms with Gasteiger partial charge in [0.2, 0.25) is 5.71 Å². The molecule has 98 valence electrons. The zero-order valence-electron chi connectivity index (χ0n) is 10.9. The normalized spacial score (nSPS) is 8.81. The minimum absolute atomic E-state index is 0.244. The van der Waals surface area contributed by atoms with E-state index in [1.807, 2.05) is 30.3 Å². The lowest BCUT2D eigenvalue weighted by atomic mass is 10.0. The zero-order chi connectivity index (χ0) is 15.1. The first kappa shape index (κ1) is 13.8. The largest absolute Gasteiger partial charge is 0.276 e. The molecule has 0 amide bonds. The summed E-state index contributed by atoms with van der Waals surface area (Å²) in [6.45, 7) is 0. The van der Waals surface area contributed by atoms with Crippen LogP contribution in [0, 0.1) is 34.0 Å². The first-order valence-electron chi connectivity index (χ1n) is 6.01. The van der Waals surface area contributed by atoms with Gasteiger partial charge in [-0.3, -0.25) is 5.43 Å². The van der Waals surface area contributed by atoms with Gasteiger partial charge in [0.15, 0.2) is 0 Å². The summed E-state index contributed by atoms with van der Waals surface area (Å²) in [5.74, 6) is 0. The Hall–Kier alpha value is -3.62. The standard InChI is InChI=1S/C16H9N5/c17-9-12-3-1-4-13(7-12)14-5-2-6-15(8-14)20-21-16(10-18)11-19/h1-8,20H. The Morgan fingerprint density at radius 1 is 0.905 bits per heavy atom. The maximum absolute atomic E-state index is 8.92. The highest BCUT2D eigenvalue weighted by Gasteiger charge is 2.01. The van der Waals surface area contributed by atoms with Crippen molar-refractivity contribution in [3.05, 3.63) is 54.1 Å². The van der Waals surface area contributed by atoms with E-state index in [1.54, 1.807) is 30.3 Å². The van der Waals surface area contributed by atoms with Crippen LogP contribution in [-0.4, -0.2) is 5.71 Å². The van der Waals surface area contributed by atoms with Crippen molar-refractivity contribution in [2.45, 2.75) is 0 Å². The van der Waals surface area contributed by atoms with Gasteiger partial charge in [0.1, 0.15) is 12.1 Å².